The molecule has 5 heteroatoms. The minimum absolute atomic E-state index is 0.711. The van der Waals surface area contributed by atoms with Crippen LogP contribution in [0.2, 0.25) is 0 Å². The van der Waals surface area contributed by atoms with Crippen LogP contribution in [-0.2, 0) is 6.42 Å². The van der Waals surface area contributed by atoms with Crippen LogP contribution in [-0.4, -0.2) is 35.2 Å². The topological polar surface area (TPSA) is 51.0 Å². The molecular weight excluding hydrogens is 198 g/mol. The molecule has 0 aliphatic heterocycles. The predicted octanol–water partition coefficient (Wildman–Crippen LogP) is 1.26. The van der Waals surface area contributed by atoms with E-state index in [0.717, 1.165) is 25.4 Å². The predicted molar refractivity (Wildman–Crippen MR) is 58.6 cm³/mol. The molecule has 0 saturated carbocycles. The number of aryl methyl sites for hydroxylation is 1. The summed E-state index contributed by atoms with van der Waals surface area (Å²) in [6.07, 6.45) is 4.16. The van der Waals surface area contributed by atoms with Crippen LogP contribution in [0.25, 0.3) is 0 Å². The zero-order valence-corrected chi connectivity index (χ0v) is 9.56. The van der Waals surface area contributed by atoms with Crippen molar-refractivity contribution < 1.29 is 4.52 Å². The summed E-state index contributed by atoms with van der Waals surface area (Å²) in [6, 6.07) is 0. The van der Waals surface area contributed by atoms with Gasteiger partial charge in [0, 0.05) is 13.0 Å². The van der Waals surface area contributed by atoms with Crippen molar-refractivity contribution in [3.63, 3.8) is 0 Å². The highest BCUT2D eigenvalue weighted by atomic mass is 32.2. The smallest absolute Gasteiger partial charge is 0.227 e. The molecule has 0 amide bonds. The molecule has 0 aliphatic rings. The number of rotatable bonds is 7. The fourth-order valence-electron chi connectivity index (χ4n) is 1.10. The van der Waals surface area contributed by atoms with Gasteiger partial charge in [0.25, 0.3) is 0 Å². The fraction of sp³-hybridized carbons (Fsp3) is 0.778. The highest BCUT2D eigenvalue weighted by Crippen LogP contribution is 1.96. The molecule has 1 N–H and O–H groups in total. The number of aromatic nitrogens is 2. The van der Waals surface area contributed by atoms with Gasteiger partial charge in [0.05, 0.1) is 0 Å². The summed E-state index contributed by atoms with van der Waals surface area (Å²) in [5, 5.41) is 7.06. The van der Waals surface area contributed by atoms with Gasteiger partial charge in [-0.3, -0.25) is 0 Å². The maximum absolute atomic E-state index is 4.99. The molecule has 1 rings (SSSR count). The molecule has 0 fully saturated rings. The molecule has 1 heterocycles. The van der Waals surface area contributed by atoms with Gasteiger partial charge in [0.15, 0.2) is 5.82 Å². The Kier molecular flexibility index (Phi) is 5.63. The third-order valence-corrected chi connectivity index (χ3v) is 2.48. The van der Waals surface area contributed by atoms with Gasteiger partial charge in [-0.15, -0.1) is 0 Å². The van der Waals surface area contributed by atoms with Crippen molar-refractivity contribution in [1.29, 1.82) is 0 Å². The Balaban J connectivity index is 1.99. The molecule has 0 bridgehead atoms. The van der Waals surface area contributed by atoms with Gasteiger partial charge in [-0.25, -0.2) is 0 Å². The van der Waals surface area contributed by atoms with E-state index in [-0.39, 0.29) is 0 Å². The molecule has 1 aromatic rings. The molecule has 0 unspecified atom stereocenters. The van der Waals surface area contributed by atoms with E-state index in [9.17, 15) is 0 Å². The minimum atomic E-state index is 0.711. The first-order chi connectivity index (χ1) is 6.83. The second kappa shape index (κ2) is 6.84. The molecular formula is C9H17N3OS. The van der Waals surface area contributed by atoms with Crippen molar-refractivity contribution >= 4 is 11.8 Å². The van der Waals surface area contributed by atoms with Gasteiger partial charge >= 0.3 is 0 Å². The van der Waals surface area contributed by atoms with Crippen LogP contribution < -0.4 is 5.32 Å². The Morgan fingerprint density at radius 3 is 2.93 bits per heavy atom. The molecule has 0 spiro atoms. The van der Waals surface area contributed by atoms with E-state index in [4.69, 9.17) is 4.52 Å². The first kappa shape index (κ1) is 11.5. The third kappa shape index (κ3) is 4.62. The average molecular weight is 215 g/mol. The second-order valence-corrected chi connectivity index (χ2v) is 4.07. The molecule has 80 valence electrons. The molecule has 0 saturated heterocycles. The van der Waals surface area contributed by atoms with Crippen LogP contribution in [0.15, 0.2) is 4.52 Å². The lowest BCUT2D eigenvalue weighted by molar-refractivity contribution is 0.372. The van der Waals surface area contributed by atoms with Crippen LogP contribution in [0.3, 0.4) is 0 Å². The van der Waals surface area contributed by atoms with E-state index in [2.05, 4.69) is 21.7 Å². The van der Waals surface area contributed by atoms with E-state index < -0.39 is 0 Å². The SMILES string of the molecule is CSCCCNCCc1nc(C)no1. The Bertz CT molecular complexity index is 252. The Hall–Kier alpha value is -0.550. The van der Waals surface area contributed by atoms with E-state index >= 15 is 0 Å². The highest BCUT2D eigenvalue weighted by molar-refractivity contribution is 7.98. The summed E-state index contributed by atoms with van der Waals surface area (Å²) in [5.41, 5.74) is 0. The summed E-state index contributed by atoms with van der Waals surface area (Å²) < 4.78 is 4.99. The summed E-state index contributed by atoms with van der Waals surface area (Å²) in [6.45, 7) is 3.81. The van der Waals surface area contributed by atoms with Gasteiger partial charge in [0.2, 0.25) is 5.89 Å². The van der Waals surface area contributed by atoms with Crippen molar-refractivity contribution in [1.82, 2.24) is 15.5 Å². The summed E-state index contributed by atoms with van der Waals surface area (Å²) >= 11 is 1.88. The molecule has 1 aromatic heterocycles. The van der Waals surface area contributed by atoms with Crippen molar-refractivity contribution in [2.75, 3.05) is 25.1 Å². The number of nitrogens with one attached hydrogen (secondary N) is 1. The van der Waals surface area contributed by atoms with Gasteiger partial charge in [-0.2, -0.15) is 16.7 Å². The first-order valence-electron chi connectivity index (χ1n) is 4.82. The number of nitrogens with zero attached hydrogens (tertiary/aromatic N) is 2. The van der Waals surface area contributed by atoms with Crippen LogP contribution in [0.5, 0.6) is 0 Å². The van der Waals surface area contributed by atoms with Crippen molar-refractivity contribution in [2.45, 2.75) is 19.8 Å². The maximum atomic E-state index is 4.99. The summed E-state index contributed by atoms with van der Waals surface area (Å²) in [5.74, 6) is 2.65. The van der Waals surface area contributed by atoms with Crippen molar-refractivity contribution in [3.8, 4) is 0 Å². The largest absolute Gasteiger partial charge is 0.339 e. The Morgan fingerprint density at radius 2 is 2.29 bits per heavy atom. The van der Waals surface area contributed by atoms with Crippen LogP contribution in [0.1, 0.15) is 18.1 Å². The van der Waals surface area contributed by atoms with Gasteiger partial charge in [-0.05, 0) is 31.9 Å². The Morgan fingerprint density at radius 1 is 1.43 bits per heavy atom. The number of thioether (sulfide) groups is 1. The molecule has 0 radical (unpaired) electrons. The van der Waals surface area contributed by atoms with E-state index in [1.807, 2.05) is 18.7 Å². The van der Waals surface area contributed by atoms with Gasteiger partial charge in [-0.1, -0.05) is 5.16 Å². The first-order valence-corrected chi connectivity index (χ1v) is 6.21. The van der Waals surface area contributed by atoms with Gasteiger partial charge < -0.3 is 9.84 Å². The molecule has 0 atom stereocenters. The van der Waals surface area contributed by atoms with E-state index in [1.165, 1.54) is 12.2 Å². The number of hydrogen-bond donors (Lipinski definition) is 1. The minimum Gasteiger partial charge on any atom is -0.339 e. The van der Waals surface area contributed by atoms with E-state index in [1.54, 1.807) is 0 Å². The quantitative estimate of drug-likeness (QED) is 0.694. The van der Waals surface area contributed by atoms with E-state index in [0.29, 0.717) is 5.82 Å². The third-order valence-electron chi connectivity index (χ3n) is 1.79. The monoisotopic (exact) mass is 215 g/mol. The van der Waals surface area contributed by atoms with Crippen LogP contribution in [0.4, 0.5) is 0 Å². The number of hydrogen-bond acceptors (Lipinski definition) is 5. The van der Waals surface area contributed by atoms with Crippen molar-refractivity contribution in [3.05, 3.63) is 11.7 Å². The van der Waals surface area contributed by atoms with Crippen LogP contribution in [0, 0.1) is 6.92 Å². The molecule has 0 aliphatic carbocycles. The molecule has 0 aromatic carbocycles. The lowest BCUT2D eigenvalue weighted by atomic mass is 10.4. The summed E-state index contributed by atoms with van der Waals surface area (Å²) in [7, 11) is 0. The fourth-order valence-corrected chi connectivity index (χ4v) is 1.54. The lowest BCUT2D eigenvalue weighted by Gasteiger charge is -2.00. The maximum Gasteiger partial charge on any atom is 0.227 e. The zero-order chi connectivity index (χ0) is 10.2. The molecule has 14 heavy (non-hydrogen) atoms. The second-order valence-electron chi connectivity index (χ2n) is 3.08. The zero-order valence-electron chi connectivity index (χ0n) is 8.75. The van der Waals surface area contributed by atoms with Gasteiger partial charge in [0.1, 0.15) is 0 Å². The van der Waals surface area contributed by atoms with Crippen molar-refractivity contribution in [2.24, 2.45) is 0 Å². The normalized spacial score (nSPS) is 10.7. The highest BCUT2D eigenvalue weighted by Gasteiger charge is 2.00. The summed E-state index contributed by atoms with van der Waals surface area (Å²) in [4.78, 5) is 4.12. The van der Waals surface area contributed by atoms with Crippen LogP contribution >= 0.6 is 11.8 Å². The standard InChI is InChI=1S/C9H17N3OS/c1-8-11-9(13-12-8)4-6-10-5-3-7-14-2/h10H,3-7H2,1-2H3. The lowest BCUT2D eigenvalue weighted by Crippen LogP contribution is -2.19. The Labute approximate surface area is 88.8 Å². The average Bonchev–Trinajstić information content (AvgIpc) is 2.58. The molecule has 4 nitrogen and oxygen atoms in total.